The number of aromatic nitrogens is 1. The highest BCUT2D eigenvalue weighted by atomic mass is 16.5. The maximum Gasteiger partial charge on any atom is 0.409 e. The Kier molecular flexibility index (Phi) is 5.02. The highest BCUT2D eigenvalue weighted by Crippen LogP contribution is 2.31. The maximum atomic E-state index is 12.0. The molecule has 2 saturated heterocycles. The Morgan fingerprint density at radius 1 is 1.39 bits per heavy atom. The van der Waals surface area contributed by atoms with Crippen LogP contribution in [0.15, 0.2) is 15.4 Å². The molecule has 1 amide bonds. The van der Waals surface area contributed by atoms with Crippen LogP contribution in [0, 0.1) is 0 Å². The minimum absolute atomic E-state index is 0.0412. The van der Waals surface area contributed by atoms with Crippen molar-refractivity contribution in [1.82, 2.24) is 15.0 Å². The number of carbonyl (C=O) groups is 1. The first-order chi connectivity index (χ1) is 11.2. The number of nitrogens with zero attached hydrogens (tertiary/aromatic N) is 2. The molecule has 2 aliphatic rings. The minimum Gasteiger partial charge on any atom is -0.453 e. The van der Waals surface area contributed by atoms with Crippen LogP contribution in [0.25, 0.3) is 0 Å². The fraction of sp³-hybridized carbons (Fsp3) is 0.733. The number of morpholine rings is 1. The van der Waals surface area contributed by atoms with Gasteiger partial charge in [-0.2, -0.15) is 5.16 Å². The van der Waals surface area contributed by atoms with Crippen LogP contribution in [0.2, 0.25) is 0 Å². The molecule has 0 radical (unpaired) electrons. The number of H-pyrrole nitrogens is 1. The van der Waals surface area contributed by atoms with E-state index in [9.17, 15) is 9.59 Å². The molecule has 23 heavy (non-hydrogen) atoms. The quantitative estimate of drug-likeness (QED) is 0.876. The highest BCUT2D eigenvalue weighted by molar-refractivity contribution is 5.68. The van der Waals surface area contributed by atoms with Gasteiger partial charge >= 0.3 is 6.09 Å². The largest absolute Gasteiger partial charge is 0.453 e. The van der Waals surface area contributed by atoms with Gasteiger partial charge in [0.1, 0.15) is 5.76 Å². The highest BCUT2D eigenvalue weighted by Gasteiger charge is 2.35. The molecule has 0 saturated carbocycles. The van der Waals surface area contributed by atoms with E-state index in [2.05, 4.69) is 10.1 Å². The van der Waals surface area contributed by atoms with Crippen molar-refractivity contribution < 1.29 is 18.8 Å². The fourth-order valence-corrected chi connectivity index (χ4v) is 3.42. The topological polar surface area (TPSA) is 88.0 Å². The molecule has 128 valence electrons. The van der Waals surface area contributed by atoms with Gasteiger partial charge < -0.3 is 18.9 Å². The predicted octanol–water partition coefficient (Wildman–Crippen LogP) is 0.615. The first kappa shape index (κ1) is 16.1. The molecule has 0 aromatic carbocycles. The van der Waals surface area contributed by atoms with E-state index in [0.29, 0.717) is 12.3 Å². The van der Waals surface area contributed by atoms with E-state index in [1.54, 1.807) is 4.90 Å². The van der Waals surface area contributed by atoms with Gasteiger partial charge in [-0.3, -0.25) is 9.69 Å². The van der Waals surface area contributed by atoms with Gasteiger partial charge in [0.2, 0.25) is 0 Å². The van der Waals surface area contributed by atoms with Crippen molar-refractivity contribution in [2.24, 2.45) is 0 Å². The number of hydrogen-bond donors (Lipinski definition) is 1. The summed E-state index contributed by atoms with van der Waals surface area (Å²) in [6.07, 6.45) is 1.22. The molecule has 0 bridgehead atoms. The van der Waals surface area contributed by atoms with Crippen LogP contribution in [0.4, 0.5) is 4.79 Å². The molecule has 8 nitrogen and oxygen atoms in total. The second-order valence-corrected chi connectivity index (χ2v) is 6.07. The van der Waals surface area contributed by atoms with Crippen molar-refractivity contribution in [3.05, 3.63) is 22.2 Å². The molecule has 1 aromatic heterocycles. The van der Waals surface area contributed by atoms with Crippen molar-refractivity contribution in [2.75, 3.05) is 46.5 Å². The summed E-state index contributed by atoms with van der Waals surface area (Å²) in [7, 11) is 1.41. The molecule has 1 N–H and O–H groups in total. The number of carbonyl (C=O) groups excluding carboxylic acids is 1. The second kappa shape index (κ2) is 7.18. The van der Waals surface area contributed by atoms with E-state index in [1.165, 1.54) is 13.2 Å². The van der Waals surface area contributed by atoms with Gasteiger partial charge in [-0.25, -0.2) is 4.79 Å². The molecular weight excluding hydrogens is 302 g/mol. The number of aromatic amines is 1. The maximum absolute atomic E-state index is 12.0. The van der Waals surface area contributed by atoms with E-state index in [4.69, 9.17) is 14.0 Å². The van der Waals surface area contributed by atoms with Crippen molar-refractivity contribution in [3.8, 4) is 0 Å². The summed E-state index contributed by atoms with van der Waals surface area (Å²) >= 11 is 0. The molecule has 2 aliphatic heterocycles. The van der Waals surface area contributed by atoms with Gasteiger partial charge in [-0.15, -0.1) is 0 Å². The molecule has 1 aromatic rings. The summed E-state index contributed by atoms with van der Waals surface area (Å²) in [5.41, 5.74) is -0.222. The van der Waals surface area contributed by atoms with E-state index in [-0.39, 0.29) is 23.6 Å². The zero-order chi connectivity index (χ0) is 16.2. The molecule has 0 aliphatic carbocycles. The molecule has 8 heteroatoms. The van der Waals surface area contributed by atoms with Crippen LogP contribution < -0.4 is 5.56 Å². The third kappa shape index (κ3) is 3.76. The predicted molar refractivity (Wildman–Crippen MR) is 81.5 cm³/mol. The molecule has 2 fully saturated rings. The SMILES string of the molecule is COC(=O)N1CC[C@@H](c2cc(=O)[nH]o2)C[C@H]1CN1CCOCC1. The number of methoxy groups -OCH3 is 1. The Labute approximate surface area is 134 Å². The Bertz CT molecular complexity index is 578. The van der Waals surface area contributed by atoms with E-state index < -0.39 is 0 Å². The first-order valence-corrected chi connectivity index (χ1v) is 8.00. The number of rotatable bonds is 3. The molecule has 0 spiro atoms. The summed E-state index contributed by atoms with van der Waals surface area (Å²) < 4.78 is 15.6. The van der Waals surface area contributed by atoms with E-state index in [0.717, 1.165) is 45.7 Å². The number of ether oxygens (including phenoxy) is 2. The zero-order valence-corrected chi connectivity index (χ0v) is 13.3. The average Bonchev–Trinajstić information content (AvgIpc) is 3.01. The second-order valence-electron chi connectivity index (χ2n) is 6.07. The number of hydrogen-bond acceptors (Lipinski definition) is 6. The van der Waals surface area contributed by atoms with Crippen molar-refractivity contribution in [3.63, 3.8) is 0 Å². The fourth-order valence-electron chi connectivity index (χ4n) is 3.42. The summed E-state index contributed by atoms with van der Waals surface area (Å²) in [5, 5.41) is 2.34. The lowest BCUT2D eigenvalue weighted by Crippen LogP contribution is -2.52. The van der Waals surface area contributed by atoms with E-state index in [1.807, 2.05) is 0 Å². The van der Waals surface area contributed by atoms with Gasteiger partial charge in [-0.1, -0.05) is 0 Å². The lowest BCUT2D eigenvalue weighted by Gasteiger charge is -2.41. The zero-order valence-electron chi connectivity index (χ0n) is 13.3. The third-order valence-electron chi connectivity index (χ3n) is 4.64. The molecule has 2 atom stereocenters. The normalized spacial score (nSPS) is 26.2. The van der Waals surface area contributed by atoms with Gasteiger partial charge in [0.15, 0.2) is 0 Å². The third-order valence-corrected chi connectivity index (χ3v) is 4.64. The van der Waals surface area contributed by atoms with Crippen LogP contribution in [-0.4, -0.2) is 73.6 Å². The van der Waals surface area contributed by atoms with Gasteiger partial charge in [-0.05, 0) is 12.8 Å². The Morgan fingerprint density at radius 2 is 2.17 bits per heavy atom. The number of likely N-dealkylation sites (tertiary alicyclic amines) is 1. The summed E-state index contributed by atoms with van der Waals surface area (Å²) in [5.74, 6) is 0.812. The lowest BCUT2D eigenvalue weighted by atomic mass is 9.88. The van der Waals surface area contributed by atoms with Gasteiger partial charge in [0, 0.05) is 44.2 Å². The number of nitrogens with one attached hydrogen (secondary N) is 1. The van der Waals surface area contributed by atoms with Crippen LogP contribution in [-0.2, 0) is 9.47 Å². The summed E-state index contributed by atoms with van der Waals surface area (Å²) in [4.78, 5) is 27.4. The monoisotopic (exact) mass is 325 g/mol. The summed E-state index contributed by atoms with van der Waals surface area (Å²) in [6, 6.07) is 1.55. The van der Waals surface area contributed by atoms with Crippen molar-refractivity contribution in [2.45, 2.75) is 24.8 Å². The average molecular weight is 325 g/mol. The van der Waals surface area contributed by atoms with Crippen molar-refractivity contribution in [1.29, 1.82) is 0 Å². The Morgan fingerprint density at radius 3 is 2.83 bits per heavy atom. The van der Waals surface area contributed by atoms with Crippen LogP contribution in [0.3, 0.4) is 0 Å². The molecule has 3 heterocycles. The van der Waals surface area contributed by atoms with Crippen LogP contribution in [0.5, 0.6) is 0 Å². The first-order valence-electron chi connectivity index (χ1n) is 8.00. The Hall–Kier alpha value is -1.80. The standard InChI is InChI=1S/C15H23N3O5/c1-21-15(20)18-3-2-11(13-9-14(19)16-23-13)8-12(18)10-17-4-6-22-7-5-17/h9,11-12H,2-8,10H2,1H3,(H,16,19)/t11-,12+/m1/s1. The van der Waals surface area contributed by atoms with Gasteiger partial charge in [0.25, 0.3) is 5.56 Å². The van der Waals surface area contributed by atoms with Crippen LogP contribution >= 0.6 is 0 Å². The minimum atomic E-state index is -0.294. The van der Waals surface area contributed by atoms with Gasteiger partial charge in [0.05, 0.1) is 20.3 Å². The molecule has 3 rings (SSSR count). The molecule has 0 unspecified atom stereocenters. The molecular formula is C15H23N3O5. The summed E-state index contributed by atoms with van der Waals surface area (Å²) in [6.45, 7) is 4.57. The smallest absolute Gasteiger partial charge is 0.409 e. The van der Waals surface area contributed by atoms with E-state index >= 15 is 0 Å². The van der Waals surface area contributed by atoms with Crippen LogP contribution in [0.1, 0.15) is 24.5 Å². The lowest BCUT2D eigenvalue weighted by molar-refractivity contribution is 0.0139. The number of piperidine rings is 1. The number of amides is 1. The Balaban J connectivity index is 1.71. The van der Waals surface area contributed by atoms with Crippen molar-refractivity contribution >= 4 is 6.09 Å².